The van der Waals surface area contributed by atoms with Gasteiger partial charge in [0.1, 0.15) is 13.2 Å². The van der Waals surface area contributed by atoms with Crippen LogP contribution in [0, 0.1) is 12.8 Å². The van der Waals surface area contributed by atoms with Crippen molar-refractivity contribution in [3.63, 3.8) is 0 Å². The lowest BCUT2D eigenvalue weighted by Gasteiger charge is -2.18. The van der Waals surface area contributed by atoms with Crippen LogP contribution in [-0.2, 0) is 0 Å². The fourth-order valence-electron chi connectivity index (χ4n) is 3.08. The molecular formula is C19H18O3. The number of ether oxygens (including phenoxy) is 2. The van der Waals surface area contributed by atoms with E-state index in [0.29, 0.717) is 24.9 Å². The third-order valence-corrected chi connectivity index (χ3v) is 4.46. The summed E-state index contributed by atoms with van der Waals surface area (Å²) in [6.45, 7) is 3.19. The van der Waals surface area contributed by atoms with Crippen LogP contribution >= 0.6 is 0 Å². The van der Waals surface area contributed by atoms with Gasteiger partial charge in [-0.05, 0) is 43.0 Å². The monoisotopic (exact) mass is 294 g/mol. The van der Waals surface area contributed by atoms with Crippen molar-refractivity contribution in [3.05, 3.63) is 59.2 Å². The highest BCUT2D eigenvalue weighted by Crippen LogP contribution is 2.49. The highest BCUT2D eigenvalue weighted by molar-refractivity contribution is 6.00. The van der Waals surface area contributed by atoms with Gasteiger partial charge in [0.25, 0.3) is 0 Å². The van der Waals surface area contributed by atoms with Crippen molar-refractivity contribution in [2.75, 3.05) is 13.2 Å². The normalized spacial score (nSPS) is 22.2. The van der Waals surface area contributed by atoms with E-state index in [-0.39, 0.29) is 11.7 Å². The van der Waals surface area contributed by atoms with Crippen LogP contribution in [0.3, 0.4) is 0 Å². The van der Waals surface area contributed by atoms with Gasteiger partial charge in [-0.1, -0.05) is 29.8 Å². The molecule has 1 aliphatic heterocycles. The Morgan fingerprint density at radius 1 is 1.00 bits per heavy atom. The fourth-order valence-corrected chi connectivity index (χ4v) is 3.08. The van der Waals surface area contributed by atoms with Crippen molar-refractivity contribution in [2.45, 2.75) is 19.3 Å². The Morgan fingerprint density at radius 2 is 1.73 bits per heavy atom. The number of rotatable bonds is 3. The zero-order valence-corrected chi connectivity index (χ0v) is 12.5. The molecule has 1 aliphatic carbocycles. The molecule has 0 spiro atoms. The molecule has 1 fully saturated rings. The summed E-state index contributed by atoms with van der Waals surface area (Å²) >= 11 is 0. The number of aryl methyl sites for hydroxylation is 1. The average Bonchev–Trinajstić information content (AvgIpc) is 3.35. The lowest BCUT2D eigenvalue weighted by Crippen LogP contribution is -2.16. The molecule has 0 radical (unpaired) electrons. The Bertz CT molecular complexity index is 718. The van der Waals surface area contributed by atoms with E-state index in [1.54, 1.807) is 0 Å². The number of carbonyl (C=O) groups is 1. The molecule has 22 heavy (non-hydrogen) atoms. The van der Waals surface area contributed by atoms with E-state index >= 15 is 0 Å². The summed E-state index contributed by atoms with van der Waals surface area (Å²) < 4.78 is 11.1. The average molecular weight is 294 g/mol. The van der Waals surface area contributed by atoms with Crippen molar-refractivity contribution >= 4 is 5.78 Å². The van der Waals surface area contributed by atoms with Gasteiger partial charge >= 0.3 is 0 Å². The molecule has 3 nitrogen and oxygen atoms in total. The van der Waals surface area contributed by atoms with Crippen molar-refractivity contribution in [1.82, 2.24) is 0 Å². The SMILES string of the molecule is Cc1ccc(C2CC2C(=O)c2ccc3c(c2)OCCO3)cc1. The largest absolute Gasteiger partial charge is 0.486 e. The molecule has 1 heterocycles. The summed E-state index contributed by atoms with van der Waals surface area (Å²) in [6, 6.07) is 14.0. The highest BCUT2D eigenvalue weighted by atomic mass is 16.6. The first-order chi connectivity index (χ1) is 10.7. The van der Waals surface area contributed by atoms with Crippen LogP contribution < -0.4 is 9.47 Å². The Morgan fingerprint density at radius 3 is 2.50 bits per heavy atom. The standard InChI is InChI=1S/C19H18O3/c1-12-2-4-13(5-3-12)15-11-16(15)19(20)14-6-7-17-18(10-14)22-9-8-21-17/h2-7,10,15-16H,8-9,11H2,1H3. The van der Waals surface area contributed by atoms with Crippen LogP contribution in [0.1, 0.15) is 33.8 Å². The van der Waals surface area contributed by atoms with Gasteiger partial charge in [0.05, 0.1) is 0 Å². The maximum absolute atomic E-state index is 12.6. The van der Waals surface area contributed by atoms with Crippen LogP contribution in [0.15, 0.2) is 42.5 Å². The van der Waals surface area contributed by atoms with E-state index in [1.807, 2.05) is 18.2 Å². The first-order valence-electron chi connectivity index (χ1n) is 7.73. The van der Waals surface area contributed by atoms with E-state index in [9.17, 15) is 4.79 Å². The van der Waals surface area contributed by atoms with Gasteiger partial charge < -0.3 is 9.47 Å². The second kappa shape index (κ2) is 5.16. The van der Waals surface area contributed by atoms with E-state index < -0.39 is 0 Å². The highest BCUT2D eigenvalue weighted by Gasteiger charge is 2.44. The van der Waals surface area contributed by atoms with Gasteiger partial charge in [-0.15, -0.1) is 0 Å². The molecule has 1 saturated carbocycles. The topological polar surface area (TPSA) is 35.5 Å². The third kappa shape index (κ3) is 2.37. The number of hydrogen-bond donors (Lipinski definition) is 0. The Labute approximate surface area is 129 Å². The minimum Gasteiger partial charge on any atom is -0.486 e. The van der Waals surface area contributed by atoms with Crippen LogP contribution in [-0.4, -0.2) is 19.0 Å². The molecule has 112 valence electrons. The molecule has 3 heteroatoms. The van der Waals surface area contributed by atoms with E-state index in [1.165, 1.54) is 11.1 Å². The van der Waals surface area contributed by atoms with E-state index in [2.05, 4.69) is 31.2 Å². The first kappa shape index (κ1) is 13.4. The number of Topliss-reactive ketones (excluding diaryl/α,β-unsaturated/α-hetero) is 1. The van der Waals surface area contributed by atoms with Gasteiger partial charge in [0, 0.05) is 11.5 Å². The Balaban J connectivity index is 1.52. The molecule has 2 aromatic rings. The predicted octanol–water partition coefficient (Wildman–Crippen LogP) is 3.75. The van der Waals surface area contributed by atoms with Crippen LogP contribution in [0.25, 0.3) is 0 Å². The molecule has 2 aromatic carbocycles. The molecule has 0 amide bonds. The smallest absolute Gasteiger partial charge is 0.166 e. The van der Waals surface area contributed by atoms with Crippen molar-refractivity contribution in [2.24, 2.45) is 5.92 Å². The Kier molecular flexibility index (Phi) is 3.14. The molecule has 0 saturated heterocycles. The van der Waals surface area contributed by atoms with E-state index in [4.69, 9.17) is 9.47 Å². The van der Waals surface area contributed by atoms with Gasteiger partial charge in [0.15, 0.2) is 17.3 Å². The molecule has 0 aromatic heterocycles. The molecule has 0 N–H and O–H groups in total. The first-order valence-corrected chi connectivity index (χ1v) is 7.73. The number of ketones is 1. The van der Waals surface area contributed by atoms with Gasteiger partial charge in [-0.25, -0.2) is 0 Å². The predicted molar refractivity (Wildman–Crippen MR) is 83.8 cm³/mol. The minimum absolute atomic E-state index is 0.102. The van der Waals surface area contributed by atoms with Crippen LogP contribution in [0.2, 0.25) is 0 Å². The summed E-state index contributed by atoms with van der Waals surface area (Å²) in [5.74, 6) is 2.09. The molecule has 2 unspecified atom stereocenters. The van der Waals surface area contributed by atoms with Crippen LogP contribution in [0.5, 0.6) is 11.5 Å². The van der Waals surface area contributed by atoms with Crippen LogP contribution in [0.4, 0.5) is 0 Å². The molecule has 2 aliphatic rings. The zero-order chi connectivity index (χ0) is 15.1. The van der Waals surface area contributed by atoms with Crippen molar-refractivity contribution in [1.29, 1.82) is 0 Å². The van der Waals surface area contributed by atoms with Crippen molar-refractivity contribution in [3.8, 4) is 11.5 Å². The summed E-state index contributed by atoms with van der Waals surface area (Å²) in [4.78, 5) is 12.6. The molecular weight excluding hydrogens is 276 g/mol. The summed E-state index contributed by atoms with van der Waals surface area (Å²) in [5.41, 5.74) is 3.24. The maximum atomic E-state index is 12.6. The summed E-state index contributed by atoms with van der Waals surface area (Å²) in [7, 11) is 0. The van der Waals surface area contributed by atoms with Gasteiger partial charge in [-0.3, -0.25) is 4.79 Å². The number of carbonyl (C=O) groups excluding carboxylic acids is 1. The maximum Gasteiger partial charge on any atom is 0.166 e. The minimum atomic E-state index is 0.102. The molecule has 2 atom stereocenters. The number of benzene rings is 2. The quantitative estimate of drug-likeness (QED) is 0.809. The summed E-state index contributed by atoms with van der Waals surface area (Å²) in [5, 5.41) is 0. The second-order valence-corrected chi connectivity index (χ2v) is 6.08. The van der Waals surface area contributed by atoms with Crippen molar-refractivity contribution < 1.29 is 14.3 Å². The zero-order valence-electron chi connectivity index (χ0n) is 12.5. The van der Waals surface area contributed by atoms with Gasteiger partial charge in [0.2, 0.25) is 0 Å². The lowest BCUT2D eigenvalue weighted by atomic mass is 10.0. The number of fused-ring (bicyclic) bond motifs is 1. The fraction of sp³-hybridized carbons (Fsp3) is 0.316. The second-order valence-electron chi connectivity index (χ2n) is 6.08. The lowest BCUT2D eigenvalue weighted by molar-refractivity contribution is 0.0964. The molecule has 4 rings (SSSR count). The Hall–Kier alpha value is -2.29. The summed E-state index contributed by atoms with van der Waals surface area (Å²) in [6.07, 6.45) is 0.941. The van der Waals surface area contributed by atoms with E-state index in [0.717, 1.165) is 17.7 Å². The molecule has 0 bridgehead atoms. The third-order valence-electron chi connectivity index (χ3n) is 4.46. The number of hydrogen-bond acceptors (Lipinski definition) is 3. The van der Waals surface area contributed by atoms with Gasteiger partial charge in [-0.2, -0.15) is 0 Å².